The van der Waals surface area contributed by atoms with Crippen LogP contribution >= 0.6 is 0 Å². The van der Waals surface area contributed by atoms with E-state index in [1.165, 1.54) is 12.8 Å². The topological polar surface area (TPSA) is 76.9 Å². The second-order valence-corrected chi connectivity index (χ2v) is 8.86. The Bertz CT molecular complexity index is 778. The number of rotatable bonds is 6. The average molecular weight is 348 g/mol. The molecule has 1 aliphatic carbocycles. The highest BCUT2D eigenvalue weighted by Gasteiger charge is 2.23. The van der Waals surface area contributed by atoms with Gasteiger partial charge >= 0.3 is 0 Å². The van der Waals surface area contributed by atoms with Crippen LogP contribution in [0.25, 0.3) is 11.4 Å². The van der Waals surface area contributed by atoms with Gasteiger partial charge in [-0.2, -0.15) is 5.10 Å². The Morgan fingerprint density at radius 3 is 2.67 bits per heavy atom. The van der Waals surface area contributed by atoms with Crippen LogP contribution in [-0.4, -0.2) is 28.4 Å². The largest absolute Gasteiger partial charge is 0.260 e. The Hall–Kier alpha value is -1.73. The summed E-state index contributed by atoms with van der Waals surface area (Å²) in [6, 6.07) is 8.12. The fourth-order valence-electron chi connectivity index (χ4n) is 3.01. The van der Waals surface area contributed by atoms with E-state index in [4.69, 9.17) is 0 Å². The van der Waals surface area contributed by atoms with E-state index in [-0.39, 0.29) is 6.54 Å². The molecule has 0 spiro atoms. The number of nitrogens with zero attached hydrogens (tertiary/aromatic N) is 3. The molecule has 2 aromatic heterocycles. The van der Waals surface area contributed by atoms with Gasteiger partial charge in [0.05, 0.1) is 34.9 Å². The molecule has 0 bridgehead atoms. The maximum Gasteiger partial charge on any atom is 0.214 e. The molecule has 2 heterocycles. The summed E-state index contributed by atoms with van der Waals surface area (Å²) in [6.07, 6.45) is 6.41. The first-order valence-electron chi connectivity index (χ1n) is 8.45. The van der Waals surface area contributed by atoms with Gasteiger partial charge in [-0.3, -0.25) is 9.67 Å². The summed E-state index contributed by atoms with van der Waals surface area (Å²) in [4.78, 5) is 4.43. The summed E-state index contributed by atoms with van der Waals surface area (Å²) in [5.41, 5.74) is 2.56. The van der Waals surface area contributed by atoms with Crippen molar-refractivity contribution in [3.63, 3.8) is 0 Å². The van der Waals surface area contributed by atoms with Gasteiger partial charge in [-0.15, -0.1) is 0 Å². The third-order valence-electron chi connectivity index (χ3n) is 4.46. The lowest BCUT2D eigenvalue weighted by Gasteiger charge is -2.13. The van der Waals surface area contributed by atoms with Crippen LogP contribution in [0.3, 0.4) is 0 Å². The van der Waals surface area contributed by atoms with Crippen LogP contribution in [-0.2, 0) is 16.6 Å². The number of sulfonamides is 1. The van der Waals surface area contributed by atoms with E-state index in [0.29, 0.717) is 6.04 Å². The van der Waals surface area contributed by atoms with Gasteiger partial charge in [-0.05, 0) is 44.9 Å². The van der Waals surface area contributed by atoms with E-state index in [0.717, 1.165) is 29.9 Å². The van der Waals surface area contributed by atoms with E-state index >= 15 is 0 Å². The van der Waals surface area contributed by atoms with Gasteiger partial charge in [0, 0.05) is 6.20 Å². The monoisotopic (exact) mass is 348 g/mol. The van der Waals surface area contributed by atoms with E-state index in [1.807, 2.05) is 28.9 Å². The highest BCUT2D eigenvalue weighted by molar-refractivity contribution is 7.90. The van der Waals surface area contributed by atoms with Crippen LogP contribution in [0, 0.1) is 0 Å². The highest BCUT2D eigenvalue weighted by atomic mass is 32.2. The maximum absolute atomic E-state index is 12.0. The molecular formula is C17H24N4O2S. The van der Waals surface area contributed by atoms with Gasteiger partial charge in [0.25, 0.3) is 0 Å². The molecule has 0 saturated heterocycles. The van der Waals surface area contributed by atoms with Crippen molar-refractivity contribution in [1.82, 2.24) is 19.5 Å². The Labute approximate surface area is 143 Å². The zero-order valence-corrected chi connectivity index (χ0v) is 15.0. The molecule has 0 aliphatic heterocycles. The van der Waals surface area contributed by atoms with Crippen molar-refractivity contribution >= 4 is 10.0 Å². The maximum atomic E-state index is 12.0. The molecule has 1 fully saturated rings. The molecule has 1 aliphatic rings. The minimum Gasteiger partial charge on any atom is -0.260 e. The number of nitrogens with one attached hydrogen (secondary N) is 1. The van der Waals surface area contributed by atoms with Crippen molar-refractivity contribution in [2.75, 3.05) is 0 Å². The lowest BCUT2D eigenvalue weighted by atomic mass is 10.2. The minimum absolute atomic E-state index is 0.208. The molecule has 0 aromatic carbocycles. The molecule has 3 rings (SSSR count). The van der Waals surface area contributed by atoms with Crippen molar-refractivity contribution < 1.29 is 8.42 Å². The minimum atomic E-state index is -3.30. The summed E-state index contributed by atoms with van der Waals surface area (Å²) < 4.78 is 28.6. The Kier molecular flexibility index (Phi) is 5.01. The van der Waals surface area contributed by atoms with Crippen molar-refractivity contribution in [3.8, 4) is 11.4 Å². The fourth-order valence-corrected chi connectivity index (χ4v) is 3.69. The standard InChI is InChI=1S/C17H24N4O2S/c1-13(2)24(22,23)19-12-14-11-17(16-9-5-6-10-18-16)21(20-14)15-7-3-4-8-15/h5-6,9-11,13,15,19H,3-4,7-8,12H2,1-2H3. The Balaban J connectivity index is 1.89. The summed E-state index contributed by atoms with van der Waals surface area (Å²) in [6.45, 7) is 3.54. The molecule has 24 heavy (non-hydrogen) atoms. The molecule has 2 aromatic rings. The summed E-state index contributed by atoms with van der Waals surface area (Å²) >= 11 is 0. The predicted octanol–water partition coefficient (Wildman–Crippen LogP) is 2.89. The number of aromatic nitrogens is 3. The molecule has 0 amide bonds. The quantitative estimate of drug-likeness (QED) is 0.871. The van der Waals surface area contributed by atoms with Crippen molar-refractivity contribution in [2.45, 2.75) is 57.4 Å². The number of pyridine rings is 1. The Morgan fingerprint density at radius 1 is 1.29 bits per heavy atom. The Morgan fingerprint density at radius 2 is 2.04 bits per heavy atom. The SMILES string of the molecule is CC(C)S(=O)(=O)NCc1cc(-c2ccccn2)n(C2CCCC2)n1. The van der Waals surface area contributed by atoms with Crippen molar-refractivity contribution in [3.05, 3.63) is 36.2 Å². The third kappa shape index (κ3) is 3.67. The van der Waals surface area contributed by atoms with Crippen LogP contribution in [0.5, 0.6) is 0 Å². The van der Waals surface area contributed by atoms with Crippen LogP contribution < -0.4 is 4.72 Å². The summed E-state index contributed by atoms with van der Waals surface area (Å²) in [7, 11) is -3.30. The lowest BCUT2D eigenvalue weighted by molar-refractivity contribution is 0.466. The zero-order chi connectivity index (χ0) is 17.2. The molecule has 130 valence electrons. The van der Waals surface area contributed by atoms with Crippen molar-refractivity contribution in [1.29, 1.82) is 0 Å². The van der Waals surface area contributed by atoms with Crippen LogP contribution in [0.1, 0.15) is 51.3 Å². The normalized spacial score (nSPS) is 16.1. The van der Waals surface area contributed by atoms with Crippen molar-refractivity contribution in [2.24, 2.45) is 0 Å². The third-order valence-corrected chi connectivity index (χ3v) is 6.25. The van der Waals surface area contributed by atoms with Crippen LogP contribution in [0.2, 0.25) is 0 Å². The molecule has 7 heteroatoms. The van der Waals surface area contributed by atoms with Gasteiger partial charge in [0.1, 0.15) is 0 Å². The zero-order valence-electron chi connectivity index (χ0n) is 14.1. The second-order valence-electron chi connectivity index (χ2n) is 6.53. The predicted molar refractivity (Wildman–Crippen MR) is 93.9 cm³/mol. The van der Waals surface area contributed by atoms with E-state index in [1.54, 1.807) is 20.0 Å². The van der Waals surface area contributed by atoms with Crippen LogP contribution in [0.4, 0.5) is 0 Å². The van der Waals surface area contributed by atoms with Crippen LogP contribution in [0.15, 0.2) is 30.5 Å². The highest BCUT2D eigenvalue weighted by Crippen LogP contribution is 2.33. The van der Waals surface area contributed by atoms with E-state index in [2.05, 4.69) is 14.8 Å². The van der Waals surface area contributed by atoms with Gasteiger partial charge in [-0.1, -0.05) is 18.9 Å². The first-order valence-corrected chi connectivity index (χ1v) is 10.0. The molecule has 6 nitrogen and oxygen atoms in total. The smallest absolute Gasteiger partial charge is 0.214 e. The second kappa shape index (κ2) is 7.03. The first kappa shape index (κ1) is 17.1. The fraction of sp³-hybridized carbons (Fsp3) is 0.529. The first-order chi connectivity index (χ1) is 11.5. The molecule has 0 atom stereocenters. The number of hydrogen-bond donors (Lipinski definition) is 1. The number of hydrogen-bond acceptors (Lipinski definition) is 4. The van der Waals surface area contributed by atoms with Gasteiger partial charge in [0.2, 0.25) is 10.0 Å². The lowest BCUT2D eigenvalue weighted by Crippen LogP contribution is -2.30. The molecule has 1 saturated carbocycles. The molecular weight excluding hydrogens is 324 g/mol. The van der Waals surface area contributed by atoms with Gasteiger partial charge in [0.15, 0.2) is 0 Å². The van der Waals surface area contributed by atoms with Gasteiger partial charge < -0.3 is 0 Å². The average Bonchev–Trinajstić information content (AvgIpc) is 3.23. The van der Waals surface area contributed by atoms with Gasteiger partial charge in [-0.25, -0.2) is 13.1 Å². The van der Waals surface area contributed by atoms with E-state index < -0.39 is 15.3 Å². The molecule has 0 unspecified atom stereocenters. The molecule has 1 N–H and O–H groups in total. The van der Waals surface area contributed by atoms with E-state index in [9.17, 15) is 8.42 Å². The molecule has 0 radical (unpaired) electrons. The summed E-state index contributed by atoms with van der Waals surface area (Å²) in [5.74, 6) is 0. The summed E-state index contributed by atoms with van der Waals surface area (Å²) in [5, 5.41) is 4.23.